The minimum atomic E-state index is 0.641. The van der Waals surface area contributed by atoms with Gasteiger partial charge in [0.15, 0.2) is 0 Å². The lowest BCUT2D eigenvalue weighted by atomic mass is 10.0. The Bertz CT molecular complexity index is 488. The molecule has 2 heteroatoms. The molecule has 2 nitrogen and oxygen atoms in total. The van der Waals surface area contributed by atoms with Crippen LogP contribution in [0.2, 0.25) is 0 Å². The summed E-state index contributed by atoms with van der Waals surface area (Å²) < 4.78 is 0. The van der Waals surface area contributed by atoms with Crippen LogP contribution in [0.3, 0.4) is 0 Å². The van der Waals surface area contributed by atoms with Gasteiger partial charge in [0.2, 0.25) is 0 Å². The lowest BCUT2D eigenvalue weighted by Gasteiger charge is -2.33. The lowest BCUT2D eigenvalue weighted by molar-refractivity contribution is 0.135. The van der Waals surface area contributed by atoms with E-state index in [1.807, 2.05) is 0 Å². The Hall–Kier alpha value is -0.660. The molecule has 1 aliphatic heterocycles. The van der Waals surface area contributed by atoms with Gasteiger partial charge in [-0.3, -0.25) is 0 Å². The second-order valence-corrected chi connectivity index (χ2v) is 12.5. The summed E-state index contributed by atoms with van der Waals surface area (Å²) in [5, 5.41) is 0. The molecule has 0 fully saturated rings. The van der Waals surface area contributed by atoms with Crippen molar-refractivity contribution < 1.29 is 0 Å². The van der Waals surface area contributed by atoms with E-state index in [0.29, 0.717) is 6.17 Å². The molecule has 0 bridgehead atoms. The van der Waals surface area contributed by atoms with Gasteiger partial charge in [0.1, 0.15) is 6.17 Å². The summed E-state index contributed by atoms with van der Waals surface area (Å²) in [7, 11) is 0. The molecule has 38 heavy (non-hydrogen) atoms. The van der Waals surface area contributed by atoms with Gasteiger partial charge >= 0.3 is 0 Å². The minimum absolute atomic E-state index is 0.641. The van der Waals surface area contributed by atoms with Crippen LogP contribution in [-0.4, -0.2) is 29.1 Å². The molecular weight excluding hydrogens is 460 g/mol. The molecule has 1 heterocycles. The van der Waals surface area contributed by atoms with Crippen LogP contribution in [0.1, 0.15) is 201 Å². The van der Waals surface area contributed by atoms with Crippen LogP contribution in [-0.2, 0) is 0 Å². The fraction of sp³-hybridized carbons (Fsp3) is 0.944. The zero-order valence-corrected chi connectivity index (χ0v) is 26.8. The second-order valence-electron chi connectivity index (χ2n) is 12.5. The van der Waals surface area contributed by atoms with Crippen molar-refractivity contribution in [3.63, 3.8) is 0 Å². The van der Waals surface area contributed by atoms with Crippen molar-refractivity contribution in [3.05, 3.63) is 12.4 Å². The Morgan fingerprint density at radius 3 is 0.974 bits per heavy atom. The van der Waals surface area contributed by atoms with E-state index >= 15 is 0 Å². The Balaban J connectivity index is 2.12. The molecule has 0 spiro atoms. The average molecular weight is 533 g/mol. The highest BCUT2D eigenvalue weighted by Crippen LogP contribution is 2.24. The van der Waals surface area contributed by atoms with E-state index in [1.165, 1.54) is 193 Å². The third kappa shape index (κ3) is 20.3. The van der Waals surface area contributed by atoms with Crippen molar-refractivity contribution in [2.45, 2.75) is 207 Å². The van der Waals surface area contributed by atoms with Crippen molar-refractivity contribution in [1.82, 2.24) is 9.80 Å². The van der Waals surface area contributed by atoms with E-state index in [9.17, 15) is 0 Å². The number of nitrogens with zero attached hydrogens (tertiary/aromatic N) is 2. The van der Waals surface area contributed by atoms with Crippen LogP contribution in [0.25, 0.3) is 0 Å². The molecule has 0 saturated heterocycles. The predicted octanol–water partition coefficient (Wildman–Crippen LogP) is 12.4. The van der Waals surface area contributed by atoms with Crippen LogP contribution in [0, 0.1) is 0 Å². The normalized spacial score (nSPS) is 15.3. The molecule has 0 aromatic heterocycles. The fourth-order valence-corrected chi connectivity index (χ4v) is 6.19. The molecule has 1 aliphatic rings. The molecule has 0 aromatic carbocycles. The van der Waals surface area contributed by atoms with Gasteiger partial charge < -0.3 is 9.80 Å². The first-order chi connectivity index (χ1) is 18.8. The quantitative estimate of drug-likeness (QED) is 0.0848. The highest BCUT2D eigenvalue weighted by atomic mass is 15.4. The van der Waals surface area contributed by atoms with E-state index in [-0.39, 0.29) is 0 Å². The molecule has 0 radical (unpaired) electrons. The molecule has 226 valence electrons. The molecule has 0 saturated carbocycles. The summed E-state index contributed by atoms with van der Waals surface area (Å²) in [5.41, 5.74) is 0. The average Bonchev–Trinajstić information content (AvgIpc) is 3.31. The van der Waals surface area contributed by atoms with Gasteiger partial charge in [0, 0.05) is 25.5 Å². The molecule has 0 aliphatic carbocycles. The largest absolute Gasteiger partial charge is 0.356 e. The summed E-state index contributed by atoms with van der Waals surface area (Å²) in [4.78, 5) is 5.37. The third-order valence-corrected chi connectivity index (χ3v) is 8.82. The summed E-state index contributed by atoms with van der Waals surface area (Å²) >= 11 is 0. The molecule has 0 N–H and O–H groups in total. The van der Waals surface area contributed by atoms with Gasteiger partial charge in [-0.1, -0.05) is 175 Å². The maximum Gasteiger partial charge on any atom is 0.101 e. The first-order valence-electron chi connectivity index (χ1n) is 18.0. The molecule has 0 aromatic rings. The van der Waals surface area contributed by atoms with Crippen molar-refractivity contribution in [2.75, 3.05) is 13.1 Å². The van der Waals surface area contributed by atoms with Gasteiger partial charge in [-0.25, -0.2) is 0 Å². The van der Waals surface area contributed by atoms with Crippen LogP contribution < -0.4 is 0 Å². The lowest BCUT2D eigenvalue weighted by Crippen LogP contribution is -2.39. The molecule has 1 atom stereocenters. The maximum atomic E-state index is 2.70. The first kappa shape index (κ1) is 35.4. The van der Waals surface area contributed by atoms with Gasteiger partial charge in [-0.15, -0.1) is 0 Å². The predicted molar refractivity (Wildman–Crippen MR) is 173 cm³/mol. The number of rotatable bonds is 30. The van der Waals surface area contributed by atoms with Gasteiger partial charge in [0.05, 0.1) is 0 Å². The van der Waals surface area contributed by atoms with Crippen molar-refractivity contribution in [1.29, 1.82) is 0 Å². The smallest absolute Gasteiger partial charge is 0.101 e. The SMILES string of the molecule is CCCCCCCCCCCCCCC1N(CCCCC)C=CN1CCCCCCCCCCCCCC. The fourth-order valence-electron chi connectivity index (χ4n) is 6.19. The molecular formula is C36H72N2. The summed E-state index contributed by atoms with van der Waals surface area (Å²) in [6.45, 7) is 9.46. The number of hydrogen-bond donors (Lipinski definition) is 0. The number of unbranched alkanes of at least 4 members (excludes halogenated alkanes) is 24. The minimum Gasteiger partial charge on any atom is -0.356 e. The van der Waals surface area contributed by atoms with E-state index in [0.717, 1.165) is 0 Å². The Labute approximate surface area is 241 Å². The first-order valence-corrected chi connectivity index (χ1v) is 18.0. The third-order valence-electron chi connectivity index (χ3n) is 8.82. The van der Waals surface area contributed by atoms with Gasteiger partial charge in [-0.2, -0.15) is 0 Å². The highest BCUT2D eigenvalue weighted by Gasteiger charge is 2.24. The molecule has 1 rings (SSSR count). The summed E-state index contributed by atoms with van der Waals surface area (Å²) in [6.07, 6.45) is 45.5. The molecule has 0 amide bonds. The Morgan fingerprint density at radius 2 is 0.605 bits per heavy atom. The van der Waals surface area contributed by atoms with Crippen molar-refractivity contribution in [2.24, 2.45) is 0 Å². The topological polar surface area (TPSA) is 6.48 Å². The zero-order chi connectivity index (χ0) is 27.4. The van der Waals surface area contributed by atoms with Crippen LogP contribution in [0.5, 0.6) is 0 Å². The maximum absolute atomic E-state index is 2.70. The van der Waals surface area contributed by atoms with Crippen LogP contribution in [0.4, 0.5) is 0 Å². The highest BCUT2D eigenvalue weighted by molar-refractivity contribution is 4.97. The van der Waals surface area contributed by atoms with E-state index in [2.05, 4.69) is 43.0 Å². The Kier molecular flexibility index (Phi) is 26.0. The number of hydrogen-bond acceptors (Lipinski definition) is 2. The van der Waals surface area contributed by atoms with E-state index in [4.69, 9.17) is 0 Å². The van der Waals surface area contributed by atoms with Crippen molar-refractivity contribution in [3.8, 4) is 0 Å². The van der Waals surface area contributed by atoms with Gasteiger partial charge in [0.25, 0.3) is 0 Å². The van der Waals surface area contributed by atoms with Crippen molar-refractivity contribution >= 4 is 0 Å². The summed E-state index contributed by atoms with van der Waals surface area (Å²) in [5.74, 6) is 0. The zero-order valence-electron chi connectivity index (χ0n) is 26.8. The summed E-state index contributed by atoms with van der Waals surface area (Å²) in [6, 6.07) is 0. The standard InChI is InChI=1S/C36H72N2/c1-4-7-10-12-14-16-18-20-22-24-26-28-31-36-37(32-29-9-6-3)34-35-38(36)33-30-27-25-23-21-19-17-15-13-11-8-5-2/h34-36H,4-33H2,1-3H3. The van der Waals surface area contributed by atoms with Crippen LogP contribution in [0.15, 0.2) is 12.4 Å². The second kappa shape index (κ2) is 27.9. The van der Waals surface area contributed by atoms with Crippen LogP contribution >= 0.6 is 0 Å². The van der Waals surface area contributed by atoms with E-state index in [1.54, 1.807) is 0 Å². The monoisotopic (exact) mass is 533 g/mol. The van der Waals surface area contributed by atoms with E-state index < -0.39 is 0 Å². The Morgan fingerprint density at radius 1 is 0.342 bits per heavy atom. The van der Waals surface area contributed by atoms with Gasteiger partial charge in [-0.05, 0) is 25.7 Å². The molecule has 1 unspecified atom stereocenters.